The molecule has 0 radical (unpaired) electrons. The number of amides is 1. The lowest BCUT2D eigenvalue weighted by Gasteiger charge is -2.15. The Bertz CT molecular complexity index is 920. The first-order chi connectivity index (χ1) is 11.7. The molecule has 1 aromatic heterocycles. The van der Waals surface area contributed by atoms with E-state index in [-0.39, 0.29) is 18.2 Å². The van der Waals surface area contributed by atoms with Gasteiger partial charge in [-0.15, -0.1) is 0 Å². The molecule has 2 aromatic carbocycles. The summed E-state index contributed by atoms with van der Waals surface area (Å²) in [5, 5.41) is 7.39. The Labute approximate surface area is 143 Å². The second-order valence-electron chi connectivity index (χ2n) is 5.44. The molecule has 0 saturated heterocycles. The minimum absolute atomic E-state index is 0.251. The van der Waals surface area contributed by atoms with Gasteiger partial charge in [0.1, 0.15) is 12.4 Å². The Morgan fingerprint density at radius 2 is 2.08 bits per heavy atom. The topological polar surface area (TPSA) is 64.4 Å². The fourth-order valence-corrected chi connectivity index (χ4v) is 2.89. The van der Waals surface area contributed by atoms with Gasteiger partial charge in [0.25, 0.3) is 5.91 Å². The summed E-state index contributed by atoms with van der Waals surface area (Å²) in [6.07, 6.45) is 0. The number of aromatic nitrogens is 1. The normalized spacial score (nSPS) is 12.0. The van der Waals surface area contributed by atoms with Gasteiger partial charge >= 0.3 is 0 Å². The third-order valence-corrected chi connectivity index (χ3v) is 4.08. The van der Waals surface area contributed by atoms with Crippen molar-refractivity contribution in [3.63, 3.8) is 0 Å². The van der Waals surface area contributed by atoms with E-state index in [1.165, 1.54) is 0 Å². The average molecular weight is 341 g/mol. The van der Waals surface area contributed by atoms with Gasteiger partial charge in [0.05, 0.1) is 11.1 Å². The zero-order valence-electron chi connectivity index (χ0n) is 12.6. The van der Waals surface area contributed by atoms with Crippen LogP contribution in [0.25, 0.3) is 11.3 Å². The van der Waals surface area contributed by atoms with Crippen LogP contribution in [0.2, 0.25) is 5.02 Å². The number of rotatable bonds is 3. The van der Waals surface area contributed by atoms with Crippen molar-refractivity contribution in [1.82, 2.24) is 10.5 Å². The predicted molar refractivity (Wildman–Crippen MR) is 88.9 cm³/mol. The predicted octanol–water partition coefficient (Wildman–Crippen LogP) is 3.82. The van der Waals surface area contributed by atoms with Gasteiger partial charge in [-0.05, 0) is 29.8 Å². The third-order valence-electron chi connectivity index (χ3n) is 3.85. The van der Waals surface area contributed by atoms with Crippen molar-refractivity contribution in [2.45, 2.75) is 13.2 Å². The molecule has 0 bridgehead atoms. The lowest BCUT2D eigenvalue weighted by molar-refractivity contribution is 0.0940. The van der Waals surface area contributed by atoms with E-state index in [1.807, 2.05) is 36.4 Å². The van der Waals surface area contributed by atoms with E-state index in [9.17, 15) is 4.79 Å². The monoisotopic (exact) mass is 340 g/mol. The van der Waals surface area contributed by atoms with Gasteiger partial charge in [-0.2, -0.15) is 0 Å². The van der Waals surface area contributed by atoms with Gasteiger partial charge in [-0.25, -0.2) is 0 Å². The first-order valence-electron chi connectivity index (χ1n) is 7.46. The lowest BCUT2D eigenvalue weighted by Crippen LogP contribution is -2.24. The molecule has 2 heterocycles. The Kier molecular flexibility index (Phi) is 3.70. The molecule has 3 aromatic rings. The van der Waals surface area contributed by atoms with Gasteiger partial charge in [0.15, 0.2) is 11.5 Å². The van der Waals surface area contributed by atoms with Crippen LogP contribution in [0.4, 0.5) is 0 Å². The van der Waals surface area contributed by atoms with Crippen LogP contribution in [-0.4, -0.2) is 11.1 Å². The van der Waals surface area contributed by atoms with Crippen molar-refractivity contribution < 1.29 is 14.1 Å². The highest BCUT2D eigenvalue weighted by Crippen LogP contribution is 2.38. The SMILES string of the molecule is O=C(NCc1cccc(Cl)c1)c1noc2c1COc1ccccc1-2. The summed E-state index contributed by atoms with van der Waals surface area (Å²) in [6.45, 7) is 0.619. The van der Waals surface area contributed by atoms with Crippen LogP contribution in [-0.2, 0) is 13.2 Å². The number of para-hydroxylation sites is 1. The van der Waals surface area contributed by atoms with Crippen molar-refractivity contribution in [2.24, 2.45) is 0 Å². The molecule has 5 nitrogen and oxygen atoms in total. The van der Waals surface area contributed by atoms with E-state index in [4.69, 9.17) is 20.9 Å². The molecule has 0 atom stereocenters. The quantitative estimate of drug-likeness (QED) is 0.787. The molecule has 120 valence electrons. The van der Waals surface area contributed by atoms with Crippen LogP contribution >= 0.6 is 11.6 Å². The second kappa shape index (κ2) is 6.02. The Balaban J connectivity index is 1.56. The van der Waals surface area contributed by atoms with Crippen molar-refractivity contribution in [2.75, 3.05) is 0 Å². The van der Waals surface area contributed by atoms with Gasteiger partial charge in [0.2, 0.25) is 0 Å². The molecule has 0 spiro atoms. The molecular formula is C18H13ClN2O3. The van der Waals surface area contributed by atoms with Crippen molar-refractivity contribution >= 4 is 17.5 Å². The Hall–Kier alpha value is -2.79. The summed E-state index contributed by atoms with van der Waals surface area (Å²) in [7, 11) is 0. The van der Waals surface area contributed by atoms with E-state index in [1.54, 1.807) is 12.1 Å². The van der Waals surface area contributed by atoms with E-state index >= 15 is 0 Å². The highest BCUT2D eigenvalue weighted by Gasteiger charge is 2.28. The molecule has 4 rings (SSSR count). The molecule has 0 unspecified atom stereocenters. The summed E-state index contributed by atoms with van der Waals surface area (Å²) >= 11 is 5.95. The number of halogens is 1. The maximum absolute atomic E-state index is 12.4. The van der Waals surface area contributed by atoms with Crippen molar-refractivity contribution in [3.05, 3.63) is 70.4 Å². The lowest BCUT2D eigenvalue weighted by atomic mass is 10.0. The number of fused-ring (bicyclic) bond motifs is 3. The highest BCUT2D eigenvalue weighted by molar-refractivity contribution is 6.30. The largest absolute Gasteiger partial charge is 0.488 e. The number of nitrogens with one attached hydrogen (secondary N) is 1. The number of hydrogen-bond donors (Lipinski definition) is 1. The zero-order valence-corrected chi connectivity index (χ0v) is 13.3. The maximum atomic E-state index is 12.4. The Morgan fingerprint density at radius 3 is 2.96 bits per heavy atom. The molecule has 1 aliphatic rings. The van der Waals surface area contributed by atoms with Crippen LogP contribution in [0, 0.1) is 0 Å². The number of carbonyl (C=O) groups excluding carboxylic acids is 1. The molecule has 0 saturated carbocycles. The molecular weight excluding hydrogens is 328 g/mol. The molecule has 1 N–H and O–H groups in total. The van der Waals surface area contributed by atoms with E-state index < -0.39 is 0 Å². The van der Waals surface area contributed by atoms with Crippen LogP contribution in [0.3, 0.4) is 0 Å². The minimum Gasteiger partial charge on any atom is -0.488 e. The summed E-state index contributed by atoms with van der Waals surface area (Å²) in [4.78, 5) is 12.4. The molecule has 24 heavy (non-hydrogen) atoms. The number of carbonyl (C=O) groups is 1. The van der Waals surface area contributed by atoms with Crippen LogP contribution in [0.15, 0.2) is 53.1 Å². The fourth-order valence-electron chi connectivity index (χ4n) is 2.68. The first-order valence-corrected chi connectivity index (χ1v) is 7.83. The first kappa shape index (κ1) is 14.8. The summed E-state index contributed by atoms with van der Waals surface area (Å²) in [5.74, 6) is 1.01. The van der Waals surface area contributed by atoms with E-state index in [0.29, 0.717) is 22.9 Å². The van der Waals surface area contributed by atoms with Gasteiger partial charge in [-0.1, -0.05) is 41.0 Å². The number of hydrogen-bond acceptors (Lipinski definition) is 4. The second-order valence-corrected chi connectivity index (χ2v) is 5.87. The molecule has 1 aliphatic heterocycles. The smallest absolute Gasteiger partial charge is 0.274 e. The average Bonchev–Trinajstić information content (AvgIpc) is 3.04. The standard InChI is InChI=1S/C18H13ClN2O3/c19-12-5-3-4-11(8-12)9-20-18(22)16-14-10-23-15-7-2-1-6-13(15)17(14)24-21-16/h1-8H,9-10H2,(H,20,22). The number of nitrogens with zero attached hydrogens (tertiary/aromatic N) is 1. The van der Waals surface area contributed by atoms with Crippen LogP contribution in [0.5, 0.6) is 5.75 Å². The number of ether oxygens (including phenoxy) is 1. The minimum atomic E-state index is -0.303. The maximum Gasteiger partial charge on any atom is 0.274 e. The highest BCUT2D eigenvalue weighted by atomic mass is 35.5. The van der Waals surface area contributed by atoms with Crippen molar-refractivity contribution in [3.8, 4) is 17.1 Å². The van der Waals surface area contributed by atoms with Crippen LogP contribution in [0.1, 0.15) is 21.6 Å². The molecule has 0 fully saturated rings. The molecule has 1 amide bonds. The molecule has 0 aliphatic carbocycles. The van der Waals surface area contributed by atoms with Crippen LogP contribution < -0.4 is 10.1 Å². The number of benzene rings is 2. The summed E-state index contributed by atoms with van der Waals surface area (Å²) < 4.78 is 11.1. The van der Waals surface area contributed by atoms with Gasteiger partial charge in [-0.3, -0.25) is 4.79 Å². The van der Waals surface area contributed by atoms with E-state index in [0.717, 1.165) is 16.9 Å². The van der Waals surface area contributed by atoms with E-state index in [2.05, 4.69) is 10.5 Å². The van der Waals surface area contributed by atoms with Gasteiger partial charge < -0.3 is 14.6 Å². The third kappa shape index (κ3) is 2.63. The zero-order chi connectivity index (χ0) is 16.5. The van der Waals surface area contributed by atoms with Gasteiger partial charge in [0, 0.05) is 11.6 Å². The molecule has 6 heteroatoms. The Morgan fingerprint density at radius 1 is 1.21 bits per heavy atom. The summed E-state index contributed by atoms with van der Waals surface area (Å²) in [5.41, 5.74) is 2.63. The van der Waals surface area contributed by atoms with Crippen molar-refractivity contribution in [1.29, 1.82) is 0 Å². The summed E-state index contributed by atoms with van der Waals surface area (Å²) in [6, 6.07) is 14.8. The fraction of sp³-hybridized carbons (Fsp3) is 0.111.